The summed E-state index contributed by atoms with van der Waals surface area (Å²) in [5.41, 5.74) is 1.86. The topological polar surface area (TPSA) is 40.6 Å². The van der Waals surface area contributed by atoms with Crippen molar-refractivity contribution in [3.8, 4) is 10.4 Å². The monoisotopic (exact) mass is 410 g/mol. The third-order valence-electron chi connectivity index (χ3n) is 6.53. The van der Waals surface area contributed by atoms with Crippen molar-refractivity contribution in [2.75, 3.05) is 27.2 Å². The summed E-state index contributed by atoms with van der Waals surface area (Å²) in [4.78, 5) is 31.1. The van der Waals surface area contributed by atoms with Gasteiger partial charge in [0.1, 0.15) is 0 Å². The number of thiophene rings is 1. The Balaban J connectivity index is 1.53. The van der Waals surface area contributed by atoms with Crippen molar-refractivity contribution in [3.05, 3.63) is 47.3 Å². The number of likely N-dealkylation sites (tertiary alicyclic amines) is 1. The summed E-state index contributed by atoms with van der Waals surface area (Å²) < 4.78 is 0. The van der Waals surface area contributed by atoms with Crippen molar-refractivity contribution < 1.29 is 9.59 Å². The van der Waals surface area contributed by atoms with Gasteiger partial charge in [0, 0.05) is 38.0 Å². The van der Waals surface area contributed by atoms with Crippen molar-refractivity contribution in [1.29, 1.82) is 0 Å². The fourth-order valence-corrected chi connectivity index (χ4v) is 5.71. The molecule has 0 unspecified atom stereocenters. The first-order valence-electron chi connectivity index (χ1n) is 10.6. The summed E-state index contributed by atoms with van der Waals surface area (Å²) in [6.07, 6.45) is 5.76. The van der Waals surface area contributed by atoms with E-state index in [4.69, 9.17) is 0 Å². The zero-order chi connectivity index (χ0) is 20.4. The summed E-state index contributed by atoms with van der Waals surface area (Å²) in [5.74, 6) is 0.580. The minimum atomic E-state index is -0.512. The molecule has 0 radical (unpaired) electrons. The van der Waals surface area contributed by atoms with E-state index in [0.717, 1.165) is 37.7 Å². The van der Waals surface area contributed by atoms with Crippen molar-refractivity contribution in [3.63, 3.8) is 0 Å². The molecule has 0 bridgehead atoms. The third kappa shape index (κ3) is 4.11. The van der Waals surface area contributed by atoms with Crippen LogP contribution < -0.4 is 0 Å². The van der Waals surface area contributed by atoms with Crippen LogP contribution in [0, 0.1) is 11.3 Å². The van der Waals surface area contributed by atoms with Crippen LogP contribution in [-0.4, -0.2) is 48.8 Å². The smallest absolute Gasteiger partial charge is 0.230 e. The van der Waals surface area contributed by atoms with Gasteiger partial charge in [0.25, 0.3) is 0 Å². The number of carbonyl (C=O) groups excluding carboxylic acids is 2. The SMILES string of the molecule is CN(C)C(=O)[C@@]1(Cc2ccc(-c3cccs3)cc2)CCN(C(=O)C2CCCC2)C1. The van der Waals surface area contributed by atoms with E-state index in [1.807, 2.05) is 19.0 Å². The fourth-order valence-electron chi connectivity index (χ4n) is 4.98. The second-order valence-corrected chi connectivity index (χ2v) is 9.77. The van der Waals surface area contributed by atoms with Crippen molar-refractivity contribution in [1.82, 2.24) is 9.80 Å². The average molecular weight is 411 g/mol. The standard InChI is InChI=1S/C24H30N2O2S/c1-25(2)23(28)24(13-14-26(17-24)22(27)20-6-3-4-7-20)16-18-9-11-19(12-10-18)21-8-5-15-29-21/h5,8-12,15,20H,3-4,6-7,13-14,16-17H2,1-2H3/t24-/m1/s1. The molecule has 0 spiro atoms. The lowest BCUT2D eigenvalue weighted by atomic mass is 9.79. The molecule has 2 amide bonds. The summed E-state index contributed by atoms with van der Waals surface area (Å²) in [7, 11) is 3.65. The highest BCUT2D eigenvalue weighted by atomic mass is 32.1. The molecule has 0 N–H and O–H groups in total. The van der Waals surface area contributed by atoms with Crippen LogP contribution in [0.2, 0.25) is 0 Å². The molecule has 1 atom stereocenters. The van der Waals surface area contributed by atoms with Crippen LogP contribution in [0.25, 0.3) is 10.4 Å². The Hall–Kier alpha value is -2.14. The van der Waals surface area contributed by atoms with Crippen molar-refractivity contribution in [2.24, 2.45) is 11.3 Å². The largest absolute Gasteiger partial charge is 0.348 e. The molecular formula is C24H30N2O2S. The van der Waals surface area contributed by atoms with Crippen molar-refractivity contribution >= 4 is 23.2 Å². The molecule has 2 aromatic rings. The van der Waals surface area contributed by atoms with E-state index in [0.29, 0.717) is 19.5 Å². The quantitative estimate of drug-likeness (QED) is 0.730. The minimum Gasteiger partial charge on any atom is -0.348 e. The average Bonchev–Trinajstić information content (AvgIpc) is 3.49. The first-order valence-corrected chi connectivity index (χ1v) is 11.5. The Bertz CT molecular complexity index is 854. The Morgan fingerprint density at radius 2 is 1.86 bits per heavy atom. The number of amides is 2. The van der Waals surface area contributed by atoms with E-state index in [1.165, 1.54) is 10.4 Å². The van der Waals surface area contributed by atoms with Crippen LogP contribution in [0.15, 0.2) is 41.8 Å². The van der Waals surface area contributed by atoms with Gasteiger partial charge in [-0.15, -0.1) is 11.3 Å². The van der Waals surface area contributed by atoms with Crippen LogP contribution in [0.4, 0.5) is 0 Å². The Labute approximate surface area is 177 Å². The molecule has 1 aromatic carbocycles. The highest BCUT2D eigenvalue weighted by Gasteiger charge is 2.47. The third-order valence-corrected chi connectivity index (χ3v) is 7.45. The van der Waals surface area contributed by atoms with E-state index in [-0.39, 0.29) is 17.7 Å². The first-order chi connectivity index (χ1) is 14.0. The molecule has 2 aliphatic rings. The molecule has 1 aliphatic carbocycles. The predicted molar refractivity (Wildman–Crippen MR) is 118 cm³/mol. The molecular weight excluding hydrogens is 380 g/mol. The highest BCUT2D eigenvalue weighted by molar-refractivity contribution is 7.13. The zero-order valence-electron chi connectivity index (χ0n) is 17.4. The summed E-state index contributed by atoms with van der Waals surface area (Å²) in [5, 5.41) is 2.09. The number of hydrogen-bond acceptors (Lipinski definition) is 3. The maximum Gasteiger partial charge on any atom is 0.230 e. The lowest BCUT2D eigenvalue weighted by Crippen LogP contribution is -2.45. The highest BCUT2D eigenvalue weighted by Crippen LogP contribution is 2.38. The molecule has 2 fully saturated rings. The lowest BCUT2D eigenvalue weighted by Gasteiger charge is -2.31. The lowest BCUT2D eigenvalue weighted by molar-refractivity contribution is -0.140. The Morgan fingerprint density at radius 1 is 1.14 bits per heavy atom. The molecule has 1 saturated carbocycles. The molecule has 154 valence electrons. The number of rotatable bonds is 5. The van der Waals surface area contributed by atoms with Gasteiger partial charge in [0.15, 0.2) is 0 Å². The summed E-state index contributed by atoms with van der Waals surface area (Å²) >= 11 is 1.73. The number of nitrogens with zero attached hydrogens (tertiary/aromatic N) is 2. The summed E-state index contributed by atoms with van der Waals surface area (Å²) in [6, 6.07) is 12.8. The predicted octanol–water partition coefficient (Wildman–Crippen LogP) is 4.45. The van der Waals surface area contributed by atoms with E-state index < -0.39 is 5.41 Å². The molecule has 1 aliphatic heterocycles. The molecule has 4 rings (SSSR count). The molecule has 4 nitrogen and oxygen atoms in total. The fraction of sp³-hybridized carbons (Fsp3) is 0.500. The van der Waals surface area contributed by atoms with Crippen LogP contribution in [0.5, 0.6) is 0 Å². The van der Waals surface area contributed by atoms with Crippen LogP contribution in [0.3, 0.4) is 0 Å². The maximum absolute atomic E-state index is 13.2. The van der Waals surface area contributed by atoms with Gasteiger partial charge >= 0.3 is 0 Å². The molecule has 1 saturated heterocycles. The molecule has 5 heteroatoms. The number of benzene rings is 1. The molecule has 2 heterocycles. The van der Waals surface area contributed by atoms with Crippen LogP contribution in [0.1, 0.15) is 37.7 Å². The maximum atomic E-state index is 13.2. The van der Waals surface area contributed by atoms with Gasteiger partial charge in [-0.3, -0.25) is 9.59 Å². The second-order valence-electron chi connectivity index (χ2n) is 8.82. The van der Waals surface area contributed by atoms with Gasteiger partial charge < -0.3 is 9.80 Å². The van der Waals surface area contributed by atoms with Gasteiger partial charge in [-0.25, -0.2) is 0 Å². The Kier molecular flexibility index (Phi) is 5.77. The van der Waals surface area contributed by atoms with Gasteiger partial charge in [0.2, 0.25) is 11.8 Å². The number of carbonyl (C=O) groups is 2. The van der Waals surface area contributed by atoms with E-state index in [1.54, 1.807) is 16.2 Å². The normalized spacial score (nSPS) is 22.2. The second kappa shape index (κ2) is 8.31. The van der Waals surface area contributed by atoms with Gasteiger partial charge in [-0.2, -0.15) is 0 Å². The molecule has 1 aromatic heterocycles. The van der Waals surface area contributed by atoms with Gasteiger partial charge in [0.05, 0.1) is 5.41 Å². The van der Waals surface area contributed by atoms with Gasteiger partial charge in [-0.1, -0.05) is 43.2 Å². The van der Waals surface area contributed by atoms with Crippen molar-refractivity contribution in [2.45, 2.75) is 38.5 Å². The van der Waals surface area contributed by atoms with E-state index >= 15 is 0 Å². The first kappa shape index (κ1) is 20.1. The Morgan fingerprint density at radius 3 is 2.48 bits per heavy atom. The van der Waals surface area contributed by atoms with Gasteiger partial charge in [-0.05, 0) is 48.3 Å². The zero-order valence-corrected chi connectivity index (χ0v) is 18.2. The molecule has 29 heavy (non-hydrogen) atoms. The van der Waals surface area contributed by atoms with Crippen LogP contribution >= 0.6 is 11.3 Å². The number of hydrogen-bond donors (Lipinski definition) is 0. The van der Waals surface area contributed by atoms with E-state index in [9.17, 15) is 9.59 Å². The summed E-state index contributed by atoms with van der Waals surface area (Å²) in [6.45, 7) is 1.24. The minimum absolute atomic E-state index is 0.140. The van der Waals surface area contributed by atoms with Crippen LogP contribution in [-0.2, 0) is 16.0 Å². The van der Waals surface area contributed by atoms with E-state index in [2.05, 4.69) is 41.8 Å².